The number of ketones is 1. The van der Waals surface area contributed by atoms with Crippen molar-refractivity contribution in [1.82, 2.24) is 0 Å². The molecule has 1 aliphatic rings. The molecule has 76 valence electrons. The minimum atomic E-state index is 0.290. The van der Waals surface area contributed by atoms with Crippen LogP contribution in [0.1, 0.15) is 30.6 Å². The van der Waals surface area contributed by atoms with Crippen molar-refractivity contribution in [1.29, 1.82) is 0 Å². The monoisotopic (exact) mass is 272 g/mol. The van der Waals surface area contributed by atoms with Crippen LogP contribution < -0.4 is 0 Å². The summed E-state index contributed by atoms with van der Waals surface area (Å²) in [5, 5.41) is 2.08. The van der Waals surface area contributed by atoms with E-state index in [1.54, 1.807) is 11.3 Å². The van der Waals surface area contributed by atoms with Crippen molar-refractivity contribution >= 4 is 33.0 Å². The molecular weight excluding hydrogens is 260 g/mol. The zero-order valence-electron chi connectivity index (χ0n) is 7.96. The van der Waals surface area contributed by atoms with Gasteiger partial charge in [-0.3, -0.25) is 4.79 Å². The van der Waals surface area contributed by atoms with Crippen LogP contribution in [0.4, 0.5) is 0 Å². The molecule has 0 bridgehead atoms. The minimum Gasteiger partial charge on any atom is -0.299 e. The molecule has 1 aliphatic carbocycles. The predicted molar refractivity (Wildman–Crippen MR) is 62.7 cm³/mol. The van der Waals surface area contributed by atoms with E-state index in [9.17, 15) is 4.79 Å². The molecule has 0 radical (unpaired) electrons. The van der Waals surface area contributed by atoms with E-state index in [1.165, 1.54) is 15.8 Å². The number of hydrogen-bond acceptors (Lipinski definition) is 2. The number of carbonyl (C=O) groups is 1. The molecule has 1 unspecified atom stereocenters. The molecule has 1 saturated carbocycles. The first-order chi connectivity index (χ1) is 6.77. The molecule has 0 aromatic carbocycles. The number of Topliss-reactive ketones (excluding diaryl/α,β-unsaturated/α-hetero) is 1. The highest BCUT2D eigenvalue weighted by Crippen LogP contribution is 2.30. The molecule has 0 amide bonds. The van der Waals surface area contributed by atoms with E-state index < -0.39 is 0 Å². The van der Waals surface area contributed by atoms with Crippen molar-refractivity contribution in [3.63, 3.8) is 0 Å². The van der Waals surface area contributed by atoms with Gasteiger partial charge in [-0.05, 0) is 46.6 Å². The molecule has 14 heavy (non-hydrogen) atoms. The van der Waals surface area contributed by atoms with Crippen molar-refractivity contribution in [2.75, 3.05) is 0 Å². The Kier molecular flexibility index (Phi) is 3.39. The number of rotatable bonds is 2. The lowest BCUT2D eigenvalue weighted by molar-refractivity contribution is -0.124. The molecule has 1 fully saturated rings. The van der Waals surface area contributed by atoms with Crippen molar-refractivity contribution < 1.29 is 4.79 Å². The van der Waals surface area contributed by atoms with Crippen LogP contribution in [0.25, 0.3) is 0 Å². The predicted octanol–water partition coefficient (Wildman–Crippen LogP) is 3.81. The zero-order chi connectivity index (χ0) is 9.97. The number of halogens is 1. The molecule has 1 aromatic rings. The second-order valence-electron chi connectivity index (χ2n) is 3.80. The normalized spacial score (nSPS) is 22.6. The third-order valence-corrected chi connectivity index (χ3v) is 4.75. The Balaban J connectivity index is 2.03. The molecule has 1 heterocycles. The van der Waals surface area contributed by atoms with Gasteiger partial charge < -0.3 is 0 Å². The Hall–Kier alpha value is -0.150. The summed E-state index contributed by atoms with van der Waals surface area (Å²) in [6.45, 7) is 0. The van der Waals surface area contributed by atoms with Crippen LogP contribution in [0.15, 0.2) is 15.9 Å². The molecule has 0 spiro atoms. The van der Waals surface area contributed by atoms with E-state index in [2.05, 4.69) is 27.4 Å². The van der Waals surface area contributed by atoms with Crippen molar-refractivity contribution in [3.8, 4) is 0 Å². The van der Waals surface area contributed by atoms with Crippen LogP contribution in [0.2, 0.25) is 0 Å². The fraction of sp³-hybridized carbons (Fsp3) is 0.545. The van der Waals surface area contributed by atoms with Gasteiger partial charge in [-0.15, -0.1) is 11.3 Å². The van der Waals surface area contributed by atoms with E-state index in [-0.39, 0.29) is 0 Å². The first-order valence-corrected chi connectivity index (χ1v) is 6.69. The van der Waals surface area contributed by atoms with Gasteiger partial charge in [-0.1, -0.05) is 6.42 Å². The summed E-state index contributed by atoms with van der Waals surface area (Å²) in [7, 11) is 0. The lowest BCUT2D eigenvalue weighted by Crippen LogP contribution is -2.20. The SMILES string of the molecule is O=C1CCCCC1Cc1sccc1Br. The number of thiophene rings is 1. The summed E-state index contributed by atoms with van der Waals surface area (Å²) in [6, 6.07) is 2.06. The summed E-state index contributed by atoms with van der Waals surface area (Å²) in [4.78, 5) is 12.9. The van der Waals surface area contributed by atoms with Crippen molar-refractivity contribution in [3.05, 3.63) is 20.8 Å². The van der Waals surface area contributed by atoms with E-state index in [0.717, 1.165) is 25.7 Å². The molecule has 1 nitrogen and oxygen atoms in total. The van der Waals surface area contributed by atoms with Gasteiger partial charge in [0.2, 0.25) is 0 Å². The summed E-state index contributed by atoms with van der Waals surface area (Å²) < 4.78 is 1.17. The smallest absolute Gasteiger partial charge is 0.136 e. The van der Waals surface area contributed by atoms with Crippen LogP contribution in [-0.4, -0.2) is 5.78 Å². The van der Waals surface area contributed by atoms with Crippen LogP contribution in [-0.2, 0) is 11.2 Å². The second kappa shape index (κ2) is 4.58. The standard InChI is InChI=1S/C11H13BrOS/c12-9-5-6-14-11(9)7-8-3-1-2-4-10(8)13/h5-6,8H,1-4,7H2. The quantitative estimate of drug-likeness (QED) is 0.800. The Morgan fingerprint density at radius 1 is 1.50 bits per heavy atom. The van der Waals surface area contributed by atoms with Gasteiger partial charge in [-0.25, -0.2) is 0 Å². The molecule has 2 rings (SSSR count). The molecule has 0 N–H and O–H groups in total. The van der Waals surface area contributed by atoms with Crippen LogP contribution in [0.3, 0.4) is 0 Å². The molecule has 1 aromatic heterocycles. The molecule has 0 aliphatic heterocycles. The lowest BCUT2D eigenvalue weighted by Gasteiger charge is -2.19. The maximum absolute atomic E-state index is 11.6. The van der Waals surface area contributed by atoms with E-state index in [1.807, 2.05) is 0 Å². The molecule has 3 heteroatoms. The first kappa shape index (κ1) is 10.4. The number of carbonyl (C=O) groups excluding carboxylic acids is 1. The Labute approximate surface area is 96.6 Å². The lowest BCUT2D eigenvalue weighted by atomic mass is 9.85. The van der Waals surface area contributed by atoms with Gasteiger partial charge in [0.25, 0.3) is 0 Å². The fourth-order valence-electron chi connectivity index (χ4n) is 1.97. The Morgan fingerprint density at radius 3 is 3.00 bits per heavy atom. The highest BCUT2D eigenvalue weighted by atomic mass is 79.9. The Bertz CT molecular complexity index is 332. The largest absolute Gasteiger partial charge is 0.299 e. The maximum atomic E-state index is 11.6. The second-order valence-corrected chi connectivity index (χ2v) is 5.66. The zero-order valence-corrected chi connectivity index (χ0v) is 10.4. The van der Waals surface area contributed by atoms with Crippen molar-refractivity contribution in [2.45, 2.75) is 32.1 Å². The number of hydrogen-bond donors (Lipinski definition) is 0. The van der Waals surface area contributed by atoms with Gasteiger partial charge in [0, 0.05) is 21.7 Å². The summed E-state index contributed by atoms with van der Waals surface area (Å²) in [5.41, 5.74) is 0. The first-order valence-electron chi connectivity index (χ1n) is 5.02. The minimum absolute atomic E-state index is 0.290. The van der Waals surface area contributed by atoms with Gasteiger partial charge in [0.15, 0.2) is 0 Å². The average molecular weight is 273 g/mol. The average Bonchev–Trinajstić information content (AvgIpc) is 2.56. The van der Waals surface area contributed by atoms with Crippen LogP contribution in [0, 0.1) is 5.92 Å². The maximum Gasteiger partial charge on any atom is 0.136 e. The topological polar surface area (TPSA) is 17.1 Å². The Morgan fingerprint density at radius 2 is 2.36 bits per heavy atom. The summed E-state index contributed by atoms with van der Waals surface area (Å²) in [6.07, 6.45) is 5.15. The van der Waals surface area contributed by atoms with E-state index in [0.29, 0.717) is 11.7 Å². The van der Waals surface area contributed by atoms with Gasteiger partial charge in [-0.2, -0.15) is 0 Å². The van der Waals surface area contributed by atoms with Gasteiger partial charge >= 0.3 is 0 Å². The van der Waals surface area contributed by atoms with Crippen LogP contribution in [0.5, 0.6) is 0 Å². The third kappa shape index (κ3) is 2.26. The summed E-state index contributed by atoms with van der Waals surface area (Å²) in [5.74, 6) is 0.759. The summed E-state index contributed by atoms with van der Waals surface area (Å²) >= 11 is 5.26. The van der Waals surface area contributed by atoms with E-state index in [4.69, 9.17) is 0 Å². The molecule has 0 saturated heterocycles. The highest BCUT2D eigenvalue weighted by Gasteiger charge is 2.23. The molecular formula is C11H13BrOS. The van der Waals surface area contributed by atoms with Crippen LogP contribution >= 0.6 is 27.3 Å². The van der Waals surface area contributed by atoms with Gasteiger partial charge in [0.05, 0.1) is 0 Å². The van der Waals surface area contributed by atoms with E-state index >= 15 is 0 Å². The fourth-order valence-corrected chi connectivity index (χ4v) is 3.56. The van der Waals surface area contributed by atoms with Gasteiger partial charge in [0.1, 0.15) is 5.78 Å². The molecule has 1 atom stereocenters. The highest BCUT2D eigenvalue weighted by molar-refractivity contribution is 9.10. The van der Waals surface area contributed by atoms with Crippen molar-refractivity contribution in [2.24, 2.45) is 5.92 Å². The third-order valence-electron chi connectivity index (χ3n) is 2.80.